The van der Waals surface area contributed by atoms with Crippen molar-refractivity contribution >= 4 is 11.3 Å². The summed E-state index contributed by atoms with van der Waals surface area (Å²) in [7, 11) is 0. The molecule has 0 atom stereocenters. The van der Waals surface area contributed by atoms with Gasteiger partial charge in [0.2, 0.25) is 0 Å². The van der Waals surface area contributed by atoms with Crippen LogP contribution in [0.4, 0.5) is 0 Å². The van der Waals surface area contributed by atoms with Gasteiger partial charge in [-0.15, -0.1) is 11.3 Å². The van der Waals surface area contributed by atoms with Gasteiger partial charge in [-0.2, -0.15) is 0 Å². The van der Waals surface area contributed by atoms with Gasteiger partial charge in [0.1, 0.15) is 0 Å². The van der Waals surface area contributed by atoms with Gasteiger partial charge in [0, 0.05) is 18.0 Å². The summed E-state index contributed by atoms with van der Waals surface area (Å²) in [5.41, 5.74) is 8.16. The Morgan fingerprint density at radius 1 is 1.00 bits per heavy atom. The SMILES string of the molecule is NCCc1ccc(CNCc2cccs2)cc1. The molecule has 0 saturated heterocycles. The van der Waals surface area contributed by atoms with Crippen LogP contribution in [0.5, 0.6) is 0 Å². The van der Waals surface area contributed by atoms with Crippen molar-refractivity contribution < 1.29 is 0 Å². The Bertz CT molecular complexity index is 420. The lowest BCUT2D eigenvalue weighted by Crippen LogP contribution is -2.11. The molecule has 2 rings (SSSR count). The zero-order valence-electron chi connectivity index (χ0n) is 9.86. The molecular formula is C14H18N2S. The van der Waals surface area contributed by atoms with E-state index < -0.39 is 0 Å². The number of benzene rings is 1. The molecule has 90 valence electrons. The van der Waals surface area contributed by atoms with E-state index in [0.29, 0.717) is 0 Å². The zero-order valence-corrected chi connectivity index (χ0v) is 10.7. The normalized spacial score (nSPS) is 10.6. The second-order valence-electron chi connectivity index (χ2n) is 4.04. The van der Waals surface area contributed by atoms with Crippen LogP contribution < -0.4 is 11.1 Å². The molecule has 0 unspecified atom stereocenters. The Morgan fingerprint density at radius 3 is 2.41 bits per heavy atom. The minimum Gasteiger partial charge on any atom is -0.330 e. The minimum absolute atomic E-state index is 0.718. The van der Waals surface area contributed by atoms with E-state index in [0.717, 1.165) is 26.1 Å². The highest BCUT2D eigenvalue weighted by Gasteiger charge is 1.96. The largest absolute Gasteiger partial charge is 0.330 e. The van der Waals surface area contributed by atoms with Crippen molar-refractivity contribution in [2.75, 3.05) is 6.54 Å². The van der Waals surface area contributed by atoms with Crippen molar-refractivity contribution in [2.24, 2.45) is 5.73 Å². The zero-order chi connectivity index (χ0) is 11.9. The van der Waals surface area contributed by atoms with E-state index in [1.54, 1.807) is 11.3 Å². The van der Waals surface area contributed by atoms with Gasteiger partial charge in [0.15, 0.2) is 0 Å². The van der Waals surface area contributed by atoms with Crippen LogP contribution in [0.3, 0.4) is 0 Å². The molecule has 2 nitrogen and oxygen atoms in total. The maximum Gasteiger partial charge on any atom is 0.0302 e. The second-order valence-corrected chi connectivity index (χ2v) is 5.07. The standard InChI is InChI=1S/C14H18N2S/c15-8-7-12-3-5-13(6-4-12)10-16-11-14-2-1-9-17-14/h1-6,9,16H,7-8,10-11,15H2. The molecule has 0 saturated carbocycles. The van der Waals surface area contributed by atoms with Crippen LogP contribution in [0.15, 0.2) is 41.8 Å². The van der Waals surface area contributed by atoms with Gasteiger partial charge < -0.3 is 11.1 Å². The lowest BCUT2D eigenvalue weighted by atomic mass is 10.1. The lowest BCUT2D eigenvalue weighted by Gasteiger charge is -2.05. The maximum absolute atomic E-state index is 5.52. The molecule has 17 heavy (non-hydrogen) atoms. The fraction of sp³-hybridized carbons (Fsp3) is 0.286. The summed E-state index contributed by atoms with van der Waals surface area (Å²) in [5.74, 6) is 0. The van der Waals surface area contributed by atoms with Crippen LogP contribution in [0.2, 0.25) is 0 Å². The summed E-state index contributed by atoms with van der Waals surface area (Å²) in [6.07, 6.45) is 0.961. The van der Waals surface area contributed by atoms with Gasteiger partial charge in [0.05, 0.1) is 0 Å². The summed E-state index contributed by atoms with van der Waals surface area (Å²) in [5, 5.41) is 5.55. The number of hydrogen-bond donors (Lipinski definition) is 2. The van der Waals surface area contributed by atoms with Gasteiger partial charge in [-0.25, -0.2) is 0 Å². The molecule has 0 aliphatic rings. The smallest absolute Gasteiger partial charge is 0.0302 e. The van der Waals surface area contributed by atoms with Crippen molar-refractivity contribution in [3.8, 4) is 0 Å². The Kier molecular flexibility index (Phi) is 4.74. The fourth-order valence-electron chi connectivity index (χ4n) is 1.73. The molecule has 0 aliphatic heterocycles. The predicted octanol–water partition coefficient (Wildman–Crippen LogP) is 2.54. The van der Waals surface area contributed by atoms with E-state index in [4.69, 9.17) is 5.73 Å². The molecular weight excluding hydrogens is 228 g/mol. The maximum atomic E-state index is 5.52. The first kappa shape index (κ1) is 12.3. The van der Waals surface area contributed by atoms with Crippen LogP contribution in [0.25, 0.3) is 0 Å². The van der Waals surface area contributed by atoms with Gasteiger partial charge in [-0.05, 0) is 35.5 Å². The average Bonchev–Trinajstić information content (AvgIpc) is 2.85. The third kappa shape index (κ3) is 3.97. The quantitative estimate of drug-likeness (QED) is 0.822. The highest BCUT2D eigenvalue weighted by molar-refractivity contribution is 7.09. The Morgan fingerprint density at radius 2 is 1.76 bits per heavy atom. The summed E-state index contributed by atoms with van der Waals surface area (Å²) in [6.45, 7) is 2.58. The van der Waals surface area contributed by atoms with Crippen LogP contribution in [-0.2, 0) is 19.5 Å². The van der Waals surface area contributed by atoms with Crippen LogP contribution in [0.1, 0.15) is 16.0 Å². The first-order chi connectivity index (χ1) is 8.38. The van der Waals surface area contributed by atoms with E-state index in [1.807, 2.05) is 0 Å². The number of rotatable bonds is 6. The molecule has 0 radical (unpaired) electrons. The molecule has 2 aromatic rings. The van der Waals surface area contributed by atoms with Crippen LogP contribution in [-0.4, -0.2) is 6.54 Å². The van der Waals surface area contributed by atoms with Crippen LogP contribution in [0, 0.1) is 0 Å². The van der Waals surface area contributed by atoms with Gasteiger partial charge >= 0.3 is 0 Å². The van der Waals surface area contributed by atoms with E-state index in [1.165, 1.54) is 16.0 Å². The lowest BCUT2D eigenvalue weighted by molar-refractivity contribution is 0.700. The van der Waals surface area contributed by atoms with E-state index in [-0.39, 0.29) is 0 Å². The van der Waals surface area contributed by atoms with Crippen molar-refractivity contribution in [1.29, 1.82) is 0 Å². The number of nitrogens with two attached hydrogens (primary N) is 1. The van der Waals surface area contributed by atoms with E-state index in [2.05, 4.69) is 47.1 Å². The molecule has 3 heteroatoms. The molecule has 0 fully saturated rings. The van der Waals surface area contributed by atoms with E-state index >= 15 is 0 Å². The van der Waals surface area contributed by atoms with Crippen molar-refractivity contribution in [1.82, 2.24) is 5.32 Å². The summed E-state index contributed by atoms with van der Waals surface area (Å²) >= 11 is 1.79. The molecule has 0 bridgehead atoms. The molecule has 3 N–H and O–H groups in total. The Balaban J connectivity index is 1.79. The fourth-order valence-corrected chi connectivity index (χ4v) is 2.41. The summed E-state index contributed by atoms with van der Waals surface area (Å²) in [6, 6.07) is 12.9. The van der Waals surface area contributed by atoms with Crippen molar-refractivity contribution in [2.45, 2.75) is 19.5 Å². The summed E-state index contributed by atoms with van der Waals surface area (Å²) < 4.78 is 0. The van der Waals surface area contributed by atoms with Crippen LogP contribution >= 0.6 is 11.3 Å². The third-order valence-corrected chi connectivity index (χ3v) is 3.54. The number of nitrogens with one attached hydrogen (secondary N) is 1. The van der Waals surface area contributed by atoms with Gasteiger partial charge in [0.25, 0.3) is 0 Å². The Labute approximate surface area is 106 Å². The van der Waals surface area contributed by atoms with Crippen molar-refractivity contribution in [3.05, 3.63) is 57.8 Å². The second kappa shape index (κ2) is 6.55. The number of hydrogen-bond acceptors (Lipinski definition) is 3. The molecule has 0 aliphatic carbocycles. The highest BCUT2D eigenvalue weighted by Crippen LogP contribution is 2.09. The topological polar surface area (TPSA) is 38.0 Å². The first-order valence-corrected chi connectivity index (χ1v) is 6.77. The summed E-state index contributed by atoms with van der Waals surface area (Å²) in [4.78, 5) is 1.38. The minimum atomic E-state index is 0.718. The van der Waals surface area contributed by atoms with Crippen molar-refractivity contribution in [3.63, 3.8) is 0 Å². The number of thiophene rings is 1. The first-order valence-electron chi connectivity index (χ1n) is 5.89. The monoisotopic (exact) mass is 246 g/mol. The molecule has 1 heterocycles. The molecule has 0 amide bonds. The van der Waals surface area contributed by atoms with E-state index in [9.17, 15) is 0 Å². The van der Waals surface area contributed by atoms with Gasteiger partial charge in [-0.1, -0.05) is 30.3 Å². The Hall–Kier alpha value is -1.16. The van der Waals surface area contributed by atoms with Gasteiger partial charge in [-0.3, -0.25) is 0 Å². The molecule has 1 aromatic heterocycles. The third-order valence-electron chi connectivity index (χ3n) is 2.66. The predicted molar refractivity (Wildman–Crippen MR) is 74.1 cm³/mol. The molecule has 0 spiro atoms. The highest BCUT2D eigenvalue weighted by atomic mass is 32.1. The molecule has 1 aromatic carbocycles. The average molecular weight is 246 g/mol.